The Morgan fingerprint density at radius 3 is 2.65 bits per heavy atom. The molecule has 0 aliphatic rings. The number of rotatable bonds is 5. The summed E-state index contributed by atoms with van der Waals surface area (Å²) in [6.45, 7) is 4.04. The summed E-state index contributed by atoms with van der Waals surface area (Å²) >= 11 is 0. The Morgan fingerprint density at radius 1 is 1.35 bits per heavy atom. The van der Waals surface area contributed by atoms with E-state index in [9.17, 15) is 4.39 Å². The Hall–Kier alpha value is -1.88. The van der Waals surface area contributed by atoms with Gasteiger partial charge in [-0.15, -0.1) is 0 Å². The number of halogens is 1. The lowest BCUT2D eigenvalue weighted by Crippen LogP contribution is -2.20. The average molecular weight is 277 g/mol. The molecule has 2 N–H and O–H groups in total. The highest BCUT2D eigenvalue weighted by atomic mass is 19.1. The van der Waals surface area contributed by atoms with E-state index in [1.165, 1.54) is 6.07 Å². The Labute approximate surface area is 118 Å². The standard InChI is InChI=1S/C15H20FN3O/c1-10(2)19-15(14(20-3)9-18-19)13(17)8-11-6-4-5-7-12(11)16/h4-7,9-10,13H,8,17H2,1-3H3. The fourth-order valence-electron chi connectivity index (χ4n) is 2.27. The Bertz CT molecular complexity index is 580. The summed E-state index contributed by atoms with van der Waals surface area (Å²) in [5.74, 6) is 0.403. The Kier molecular flexibility index (Phi) is 4.39. The molecule has 2 rings (SSSR count). The first-order valence-corrected chi connectivity index (χ1v) is 6.65. The molecule has 0 saturated heterocycles. The number of methoxy groups -OCH3 is 1. The van der Waals surface area contributed by atoms with Gasteiger partial charge in [-0.05, 0) is 31.9 Å². The number of ether oxygens (including phenoxy) is 1. The zero-order valence-electron chi connectivity index (χ0n) is 12.0. The van der Waals surface area contributed by atoms with Gasteiger partial charge in [0.25, 0.3) is 0 Å². The van der Waals surface area contributed by atoms with Crippen LogP contribution in [0.15, 0.2) is 30.5 Å². The average Bonchev–Trinajstić information content (AvgIpc) is 2.85. The highest BCUT2D eigenvalue weighted by Gasteiger charge is 2.21. The van der Waals surface area contributed by atoms with Crippen LogP contribution >= 0.6 is 0 Å². The third-order valence-corrected chi connectivity index (χ3v) is 3.26. The van der Waals surface area contributed by atoms with Crippen molar-refractivity contribution in [2.75, 3.05) is 7.11 Å². The van der Waals surface area contributed by atoms with Crippen LogP contribution in [0.2, 0.25) is 0 Å². The number of hydrogen-bond acceptors (Lipinski definition) is 3. The van der Waals surface area contributed by atoms with E-state index in [0.717, 1.165) is 5.69 Å². The largest absolute Gasteiger partial charge is 0.493 e. The van der Waals surface area contributed by atoms with Crippen LogP contribution in [-0.2, 0) is 6.42 Å². The monoisotopic (exact) mass is 277 g/mol. The SMILES string of the molecule is COc1cnn(C(C)C)c1C(N)Cc1ccccc1F. The summed E-state index contributed by atoms with van der Waals surface area (Å²) in [6, 6.07) is 6.47. The minimum absolute atomic E-state index is 0.167. The highest BCUT2D eigenvalue weighted by Crippen LogP contribution is 2.28. The fraction of sp³-hybridized carbons (Fsp3) is 0.400. The molecule has 20 heavy (non-hydrogen) atoms. The second-order valence-electron chi connectivity index (χ2n) is 5.04. The van der Waals surface area contributed by atoms with Crippen molar-refractivity contribution >= 4 is 0 Å². The molecule has 1 aromatic heterocycles. The Balaban J connectivity index is 2.31. The molecule has 0 saturated carbocycles. The van der Waals surface area contributed by atoms with Crippen LogP contribution in [0.4, 0.5) is 4.39 Å². The molecular weight excluding hydrogens is 257 g/mol. The van der Waals surface area contributed by atoms with Crippen LogP contribution in [0, 0.1) is 5.82 Å². The molecule has 1 aromatic carbocycles. The summed E-state index contributed by atoms with van der Waals surface area (Å²) in [4.78, 5) is 0. The molecule has 0 fully saturated rings. The first-order chi connectivity index (χ1) is 9.54. The maximum absolute atomic E-state index is 13.7. The van der Waals surface area contributed by atoms with Crippen molar-refractivity contribution in [1.29, 1.82) is 0 Å². The van der Waals surface area contributed by atoms with Gasteiger partial charge in [-0.1, -0.05) is 18.2 Å². The molecule has 0 aliphatic carbocycles. The van der Waals surface area contributed by atoms with Crippen molar-refractivity contribution in [2.45, 2.75) is 32.4 Å². The summed E-state index contributed by atoms with van der Waals surface area (Å²) < 4.78 is 20.9. The lowest BCUT2D eigenvalue weighted by atomic mass is 10.0. The van der Waals surface area contributed by atoms with Gasteiger partial charge in [0.15, 0.2) is 5.75 Å². The van der Waals surface area contributed by atoms with E-state index in [1.54, 1.807) is 25.4 Å². The predicted octanol–water partition coefficient (Wildman–Crippen LogP) is 2.85. The highest BCUT2D eigenvalue weighted by molar-refractivity contribution is 5.30. The van der Waals surface area contributed by atoms with Crippen LogP contribution in [0.3, 0.4) is 0 Å². The summed E-state index contributed by atoms with van der Waals surface area (Å²) in [5, 5.41) is 4.29. The molecule has 0 amide bonds. The van der Waals surface area contributed by atoms with Crippen LogP contribution in [-0.4, -0.2) is 16.9 Å². The van der Waals surface area contributed by atoms with Gasteiger partial charge in [-0.3, -0.25) is 4.68 Å². The molecular formula is C15H20FN3O. The molecule has 1 unspecified atom stereocenters. The summed E-state index contributed by atoms with van der Waals surface area (Å²) in [7, 11) is 1.58. The van der Waals surface area contributed by atoms with Crippen LogP contribution in [0.5, 0.6) is 5.75 Å². The van der Waals surface area contributed by atoms with E-state index >= 15 is 0 Å². The number of nitrogens with zero attached hydrogens (tertiary/aromatic N) is 2. The van der Waals surface area contributed by atoms with Gasteiger partial charge in [0.05, 0.1) is 25.0 Å². The van der Waals surface area contributed by atoms with E-state index < -0.39 is 0 Å². The van der Waals surface area contributed by atoms with Crippen LogP contribution < -0.4 is 10.5 Å². The second kappa shape index (κ2) is 6.05. The minimum Gasteiger partial charge on any atom is -0.493 e. The number of aromatic nitrogens is 2. The Morgan fingerprint density at radius 2 is 2.05 bits per heavy atom. The third kappa shape index (κ3) is 2.82. The summed E-state index contributed by atoms with van der Waals surface area (Å²) in [5.41, 5.74) is 7.64. The molecule has 1 atom stereocenters. The lowest BCUT2D eigenvalue weighted by molar-refractivity contribution is 0.395. The first kappa shape index (κ1) is 14.5. The number of benzene rings is 1. The molecule has 4 nitrogen and oxygen atoms in total. The van der Waals surface area contributed by atoms with E-state index in [2.05, 4.69) is 5.10 Å². The van der Waals surface area contributed by atoms with E-state index in [4.69, 9.17) is 10.5 Å². The van der Waals surface area contributed by atoms with E-state index in [-0.39, 0.29) is 17.9 Å². The number of hydrogen-bond donors (Lipinski definition) is 1. The van der Waals surface area contributed by atoms with E-state index in [1.807, 2.05) is 24.6 Å². The quantitative estimate of drug-likeness (QED) is 0.914. The smallest absolute Gasteiger partial charge is 0.161 e. The van der Waals surface area contributed by atoms with Crippen molar-refractivity contribution in [2.24, 2.45) is 5.73 Å². The maximum Gasteiger partial charge on any atom is 0.161 e. The van der Waals surface area contributed by atoms with Gasteiger partial charge in [0, 0.05) is 6.04 Å². The molecule has 5 heteroatoms. The van der Waals surface area contributed by atoms with Crippen molar-refractivity contribution in [3.8, 4) is 5.75 Å². The maximum atomic E-state index is 13.7. The molecule has 1 heterocycles. The topological polar surface area (TPSA) is 53.1 Å². The zero-order chi connectivity index (χ0) is 14.7. The molecule has 0 aliphatic heterocycles. The van der Waals surface area contributed by atoms with Crippen molar-refractivity contribution in [1.82, 2.24) is 9.78 Å². The third-order valence-electron chi connectivity index (χ3n) is 3.26. The van der Waals surface area contributed by atoms with Crippen LogP contribution in [0.1, 0.15) is 37.2 Å². The molecule has 2 aromatic rings. The van der Waals surface area contributed by atoms with Gasteiger partial charge < -0.3 is 10.5 Å². The number of nitrogens with two attached hydrogens (primary N) is 1. The summed E-state index contributed by atoms with van der Waals surface area (Å²) in [6.07, 6.45) is 2.05. The van der Waals surface area contributed by atoms with Crippen molar-refractivity contribution < 1.29 is 9.13 Å². The second-order valence-corrected chi connectivity index (χ2v) is 5.04. The normalized spacial score (nSPS) is 12.7. The van der Waals surface area contributed by atoms with Gasteiger partial charge in [-0.25, -0.2) is 4.39 Å². The first-order valence-electron chi connectivity index (χ1n) is 6.65. The van der Waals surface area contributed by atoms with Crippen molar-refractivity contribution in [3.63, 3.8) is 0 Å². The van der Waals surface area contributed by atoms with Crippen LogP contribution in [0.25, 0.3) is 0 Å². The fourth-order valence-corrected chi connectivity index (χ4v) is 2.27. The predicted molar refractivity (Wildman–Crippen MR) is 76.2 cm³/mol. The molecule has 0 radical (unpaired) electrons. The van der Waals surface area contributed by atoms with Crippen molar-refractivity contribution in [3.05, 3.63) is 47.5 Å². The van der Waals surface area contributed by atoms with E-state index in [0.29, 0.717) is 17.7 Å². The minimum atomic E-state index is -0.369. The molecule has 108 valence electrons. The van der Waals surface area contributed by atoms with Gasteiger partial charge in [-0.2, -0.15) is 5.10 Å². The lowest BCUT2D eigenvalue weighted by Gasteiger charge is -2.18. The molecule has 0 spiro atoms. The van der Waals surface area contributed by atoms with Gasteiger partial charge >= 0.3 is 0 Å². The van der Waals surface area contributed by atoms with Gasteiger partial charge in [0.2, 0.25) is 0 Å². The zero-order valence-corrected chi connectivity index (χ0v) is 12.0. The molecule has 0 bridgehead atoms. The van der Waals surface area contributed by atoms with Gasteiger partial charge in [0.1, 0.15) is 5.82 Å².